The average molecular weight is 253 g/mol. The first-order chi connectivity index (χ1) is 9.20. The third-order valence-corrected chi connectivity index (χ3v) is 3.63. The summed E-state index contributed by atoms with van der Waals surface area (Å²) < 4.78 is 0. The second-order valence-corrected chi connectivity index (χ2v) is 5.16. The predicted octanol–water partition coefficient (Wildman–Crippen LogP) is 4.16. The van der Waals surface area contributed by atoms with Gasteiger partial charge in [-0.2, -0.15) is 0 Å². The van der Waals surface area contributed by atoms with Crippen molar-refractivity contribution in [2.24, 2.45) is 0 Å². The molecule has 19 heavy (non-hydrogen) atoms. The molecule has 0 heterocycles. The lowest BCUT2D eigenvalue weighted by Gasteiger charge is -2.11. The van der Waals surface area contributed by atoms with Gasteiger partial charge < -0.3 is 5.32 Å². The van der Waals surface area contributed by atoms with Gasteiger partial charge in [0.15, 0.2) is 0 Å². The topological polar surface area (TPSA) is 12.0 Å². The Morgan fingerprint density at radius 3 is 2.26 bits per heavy atom. The lowest BCUT2D eigenvalue weighted by molar-refractivity contribution is 0.685. The number of aryl methyl sites for hydroxylation is 3. The maximum Gasteiger partial charge on any atom is 0.0211 e. The first-order valence-corrected chi connectivity index (χ1v) is 7.04. The zero-order valence-electron chi connectivity index (χ0n) is 12.2. The highest BCUT2D eigenvalue weighted by atomic mass is 14.8. The van der Waals surface area contributed by atoms with Crippen LogP contribution in [-0.2, 0) is 19.5 Å². The summed E-state index contributed by atoms with van der Waals surface area (Å²) in [5.41, 5.74) is 6.94. The molecule has 100 valence electrons. The highest BCUT2D eigenvalue weighted by Gasteiger charge is 2.01. The van der Waals surface area contributed by atoms with E-state index in [-0.39, 0.29) is 0 Å². The Kier molecular flexibility index (Phi) is 4.75. The highest BCUT2D eigenvalue weighted by molar-refractivity contribution is 5.31. The SMILES string of the molecule is CCc1ccccc1CNCc1cc(C)ccc1C. The molecule has 0 unspecified atom stereocenters. The van der Waals surface area contributed by atoms with Crippen molar-refractivity contribution in [2.45, 2.75) is 40.3 Å². The normalized spacial score (nSPS) is 10.7. The molecule has 0 aromatic heterocycles. The van der Waals surface area contributed by atoms with Gasteiger partial charge >= 0.3 is 0 Å². The van der Waals surface area contributed by atoms with Gasteiger partial charge in [0.2, 0.25) is 0 Å². The molecule has 0 spiro atoms. The molecular weight excluding hydrogens is 230 g/mol. The van der Waals surface area contributed by atoms with Crippen LogP contribution in [0.5, 0.6) is 0 Å². The molecule has 2 aromatic rings. The van der Waals surface area contributed by atoms with Gasteiger partial charge in [0.1, 0.15) is 0 Å². The van der Waals surface area contributed by atoms with Crippen molar-refractivity contribution in [3.8, 4) is 0 Å². The van der Waals surface area contributed by atoms with Crippen LogP contribution in [0.25, 0.3) is 0 Å². The van der Waals surface area contributed by atoms with Crippen molar-refractivity contribution in [1.82, 2.24) is 5.32 Å². The van der Waals surface area contributed by atoms with E-state index in [1.165, 1.54) is 27.8 Å². The second kappa shape index (κ2) is 6.53. The van der Waals surface area contributed by atoms with Crippen LogP contribution in [0.15, 0.2) is 42.5 Å². The summed E-state index contributed by atoms with van der Waals surface area (Å²) in [4.78, 5) is 0. The molecule has 0 atom stereocenters. The smallest absolute Gasteiger partial charge is 0.0211 e. The van der Waals surface area contributed by atoms with E-state index in [0.29, 0.717) is 0 Å². The Hall–Kier alpha value is -1.60. The summed E-state index contributed by atoms with van der Waals surface area (Å²) in [6, 6.07) is 15.3. The number of rotatable bonds is 5. The summed E-state index contributed by atoms with van der Waals surface area (Å²) in [5, 5.41) is 3.56. The van der Waals surface area contributed by atoms with Gasteiger partial charge in [-0.15, -0.1) is 0 Å². The van der Waals surface area contributed by atoms with Crippen molar-refractivity contribution in [3.05, 3.63) is 70.3 Å². The second-order valence-electron chi connectivity index (χ2n) is 5.16. The molecule has 0 aliphatic carbocycles. The molecule has 0 saturated heterocycles. The Morgan fingerprint density at radius 2 is 1.53 bits per heavy atom. The minimum Gasteiger partial charge on any atom is -0.309 e. The Morgan fingerprint density at radius 1 is 0.842 bits per heavy atom. The van der Waals surface area contributed by atoms with E-state index in [1.54, 1.807) is 0 Å². The third kappa shape index (κ3) is 3.68. The zero-order chi connectivity index (χ0) is 13.7. The quantitative estimate of drug-likeness (QED) is 0.844. The number of nitrogens with one attached hydrogen (secondary N) is 1. The van der Waals surface area contributed by atoms with Crippen molar-refractivity contribution < 1.29 is 0 Å². The van der Waals surface area contributed by atoms with E-state index in [4.69, 9.17) is 0 Å². The van der Waals surface area contributed by atoms with Gasteiger partial charge in [0.25, 0.3) is 0 Å². The first kappa shape index (κ1) is 13.8. The predicted molar refractivity (Wildman–Crippen MR) is 82.3 cm³/mol. The highest BCUT2D eigenvalue weighted by Crippen LogP contribution is 2.12. The zero-order valence-corrected chi connectivity index (χ0v) is 12.2. The maximum atomic E-state index is 3.56. The minimum absolute atomic E-state index is 0.936. The molecule has 0 bridgehead atoms. The van der Waals surface area contributed by atoms with Crippen LogP contribution in [0.4, 0.5) is 0 Å². The van der Waals surface area contributed by atoms with Crippen LogP contribution in [-0.4, -0.2) is 0 Å². The fourth-order valence-corrected chi connectivity index (χ4v) is 2.40. The molecule has 2 aromatic carbocycles. The number of hydrogen-bond acceptors (Lipinski definition) is 1. The van der Waals surface area contributed by atoms with Gasteiger partial charge in [-0.25, -0.2) is 0 Å². The van der Waals surface area contributed by atoms with Crippen LogP contribution in [0.1, 0.15) is 34.7 Å². The molecule has 1 heteroatoms. The summed E-state index contributed by atoms with van der Waals surface area (Å²) in [6.45, 7) is 8.41. The van der Waals surface area contributed by atoms with E-state index < -0.39 is 0 Å². The monoisotopic (exact) mass is 253 g/mol. The summed E-state index contributed by atoms with van der Waals surface area (Å²) in [5.74, 6) is 0. The maximum absolute atomic E-state index is 3.56. The third-order valence-electron chi connectivity index (χ3n) is 3.63. The molecule has 0 aliphatic rings. The van der Waals surface area contributed by atoms with Crippen molar-refractivity contribution >= 4 is 0 Å². The fourth-order valence-electron chi connectivity index (χ4n) is 2.40. The van der Waals surface area contributed by atoms with Crippen molar-refractivity contribution in [2.75, 3.05) is 0 Å². The molecule has 0 aliphatic heterocycles. The Labute approximate surface area is 116 Å². The van der Waals surface area contributed by atoms with Crippen LogP contribution in [0.2, 0.25) is 0 Å². The Bertz CT molecular complexity index is 543. The molecule has 0 saturated carbocycles. The molecule has 0 radical (unpaired) electrons. The van der Waals surface area contributed by atoms with Gasteiger partial charge in [0, 0.05) is 13.1 Å². The first-order valence-electron chi connectivity index (χ1n) is 7.04. The van der Waals surface area contributed by atoms with E-state index >= 15 is 0 Å². The van der Waals surface area contributed by atoms with Crippen LogP contribution >= 0.6 is 0 Å². The van der Waals surface area contributed by atoms with E-state index in [0.717, 1.165) is 19.5 Å². The van der Waals surface area contributed by atoms with Gasteiger partial charge in [-0.1, -0.05) is 55.0 Å². The van der Waals surface area contributed by atoms with E-state index in [9.17, 15) is 0 Å². The van der Waals surface area contributed by atoms with Gasteiger partial charge in [-0.05, 0) is 42.5 Å². The van der Waals surface area contributed by atoms with Crippen LogP contribution < -0.4 is 5.32 Å². The van der Waals surface area contributed by atoms with E-state index in [2.05, 4.69) is 68.6 Å². The largest absolute Gasteiger partial charge is 0.309 e. The lowest BCUT2D eigenvalue weighted by Crippen LogP contribution is -2.14. The summed E-state index contributed by atoms with van der Waals surface area (Å²) in [6.07, 6.45) is 1.10. The number of hydrogen-bond donors (Lipinski definition) is 1. The molecule has 1 N–H and O–H groups in total. The fraction of sp³-hybridized carbons (Fsp3) is 0.333. The molecule has 2 rings (SSSR count). The van der Waals surface area contributed by atoms with Gasteiger partial charge in [0.05, 0.1) is 0 Å². The average Bonchev–Trinajstić information content (AvgIpc) is 2.43. The minimum atomic E-state index is 0.936. The Balaban J connectivity index is 1.98. The molecule has 0 fully saturated rings. The molecular formula is C18H23N. The van der Waals surface area contributed by atoms with Crippen LogP contribution in [0.3, 0.4) is 0 Å². The van der Waals surface area contributed by atoms with Crippen molar-refractivity contribution in [1.29, 1.82) is 0 Å². The van der Waals surface area contributed by atoms with Crippen LogP contribution in [0, 0.1) is 13.8 Å². The summed E-state index contributed by atoms with van der Waals surface area (Å²) in [7, 11) is 0. The van der Waals surface area contributed by atoms with E-state index in [1.807, 2.05) is 0 Å². The molecule has 1 nitrogen and oxygen atoms in total. The molecule has 0 amide bonds. The van der Waals surface area contributed by atoms with Gasteiger partial charge in [-0.3, -0.25) is 0 Å². The van der Waals surface area contributed by atoms with Crippen molar-refractivity contribution in [3.63, 3.8) is 0 Å². The number of benzene rings is 2. The summed E-state index contributed by atoms with van der Waals surface area (Å²) >= 11 is 0. The lowest BCUT2D eigenvalue weighted by atomic mass is 10.0. The standard InChI is InChI=1S/C18H23N/c1-4-16-7-5-6-8-17(16)12-19-13-18-11-14(2)9-10-15(18)3/h5-11,19H,4,12-13H2,1-3H3.